The van der Waals surface area contributed by atoms with Gasteiger partial charge in [0.25, 0.3) is 0 Å². The Bertz CT molecular complexity index is 283. The summed E-state index contributed by atoms with van der Waals surface area (Å²) in [4.78, 5) is 8.24. The SMILES string of the molecule is CNC(C)(C)CNc1ncc(Br)cn1. The number of nitrogens with zero attached hydrogens (tertiary/aromatic N) is 2. The van der Waals surface area contributed by atoms with Gasteiger partial charge in [0, 0.05) is 24.5 Å². The first-order valence-corrected chi connectivity index (χ1v) is 5.23. The van der Waals surface area contributed by atoms with E-state index in [0.29, 0.717) is 5.95 Å². The fourth-order valence-corrected chi connectivity index (χ4v) is 0.997. The largest absolute Gasteiger partial charge is 0.352 e. The topological polar surface area (TPSA) is 49.8 Å². The second kappa shape index (κ2) is 4.70. The smallest absolute Gasteiger partial charge is 0.222 e. The second-order valence-corrected chi connectivity index (χ2v) is 4.63. The lowest BCUT2D eigenvalue weighted by Crippen LogP contribution is -2.43. The van der Waals surface area contributed by atoms with Crippen LogP contribution < -0.4 is 10.6 Å². The molecule has 78 valence electrons. The van der Waals surface area contributed by atoms with Crippen molar-refractivity contribution in [3.63, 3.8) is 0 Å². The van der Waals surface area contributed by atoms with Crippen molar-refractivity contribution >= 4 is 21.9 Å². The van der Waals surface area contributed by atoms with Gasteiger partial charge in [-0.15, -0.1) is 0 Å². The van der Waals surface area contributed by atoms with Gasteiger partial charge in [-0.1, -0.05) is 0 Å². The standard InChI is InChI=1S/C9H15BrN4/c1-9(2,11-3)6-14-8-12-4-7(10)5-13-8/h4-5,11H,6H2,1-3H3,(H,12,13,14). The highest BCUT2D eigenvalue weighted by atomic mass is 79.9. The summed E-state index contributed by atoms with van der Waals surface area (Å²) in [5.74, 6) is 0.650. The number of hydrogen-bond acceptors (Lipinski definition) is 4. The molecule has 14 heavy (non-hydrogen) atoms. The summed E-state index contributed by atoms with van der Waals surface area (Å²) in [6.45, 7) is 5.00. The molecule has 0 aromatic carbocycles. The van der Waals surface area contributed by atoms with Gasteiger partial charge in [-0.25, -0.2) is 9.97 Å². The summed E-state index contributed by atoms with van der Waals surface area (Å²) in [6, 6.07) is 0. The minimum absolute atomic E-state index is 0.0381. The predicted octanol–water partition coefficient (Wildman–Crippen LogP) is 1.65. The third-order valence-corrected chi connectivity index (χ3v) is 2.40. The molecule has 1 rings (SSSR count). The van der Waals surface area contributed by atoms with Crippen molar-refractivity contribution in [1.29, 1.82) is 0 Å². The van der Waals surface area contributed by atoms with E-state index in [-0.39, 0.29) is 5.54 Å². The lowest BCUT2D eigenvalue weighted by Gasteiger charge is -2.24. The molecule has 0 spiro atoms. The molecule has 5 heteroatoms. The van der Waals surface area contributed by atoms with Crippen molar-refractivity contribution < 1.29 is 0 Å². The highest BCUT2D eigenvalue weighted by Gasteiger charge is 2.14. The van der Waals surface area contributed by atoms with Gasteiger partial charge in [-0.2, -0.15) is 0 Å². The van der Waals surface area contributed by atoms with Crippen LogP contribution in [0.15, 0.2) is 16.9 Å². The summed E-state index contributed by atoms with van der Waals surface area (Å²) in [5, 5.41) is 6.35. The van der Waals surface area contributed by atoms with Crippen molar-refractivity contribution in [2.24, 2.45) is 0 Å². The van der Waals surface area contributed by atoms with Crippen LogP contribution >= 0.6 is 15.9 Å². The Morgan fingerprint density at radius 1 is 1.36 bits per heavy atom. The van der Waals surface area contributed by atoms with E-state index in [2.05, 4.69) is 50.4 Å². The van der Waals surface area contributed by atoms with Gasteiger partial charge in [0.05, 0.1) is 4.47 Å². The van der Waals surface area contributed by atoms with Gasteiger partial charge in [-0.05, 0) is 36.8 Å². The minimum atomic E-state index is 0.0381. The van der Waals surface area contributed by atoms with E-state index >= 15 is 0 Å². The van der Waals surface area contributed by atoms with Gasteiger partial charge in [0.15, 0.2) is 0 Å². The molecule has 1 aromatic rings. The Kier molecular flexibility index (Phi) is 3.83. The van der Waals surface area contributed by atoms with Crippen LogP contribution in [0, 0.1) is 0 Å². The predicted molar refractivity (Wildman–Crippen MR) is 61.4 cm³/mol. The summed E-state index contributed by atoms with van der Waals surface area (Å²) in [6.07, 6.45) is 3.45. The average molecular weight is 259 g/mol. The van der Waals surface area contributed by atoms with Crippen LogP contribution in [0.5, 0.6) is 0 Å². The maximum Gasteiger partial charge on any atom is 0.222 e. The molecule has 4 nitrogen and oxygen atoms in total. The average Bonchev–Trinajstić information content (AvgIpc) is 2.17. The molecule has 0 saturated heterocycles. The molecule has 0 bridgehead atoms. The number of rotatable bonds is 4. The molecule has 0 aliphatic carbocycles. The maximum atomic E-state index is 4.12. The van der Waals surface area contributed by atoms with Gasteiger partial charge < -0.3 is 10.6 Å². The van der Waals surface area contributed by atoms with Crippen LogP contribution in [0.25, 0.3) is 0 Å². The Labute approximate surface area is 92.7 Å². The fraction of sp³-hybridized carbons (Fsp3) is 0.556. The molecular weight excluding hydrogens is 244 g/mol. The molecule has 0 radical (unpaired) electrons. The third-order valence-electron chi connectivity index (χ3n) is 1.99. The van der Waals surface area contributed by atoms with Crippen LogP contribution in [0.3, 0.4) is 0 Å². The van der Waals surface area contributed by atoms with Crippen LogP contribution in [-0.4, -0.2) is 29.1 Å². The summed E-state index contributed by atoms with van der Waals surface area (Å²) < 4.78 is 0.885. The molecule has 0 fully saturated rings. The van der Waals surface area contributed by atoms with Crippen LogP contribution in [0.1, 0.15) is 13.8 Å². The number of hydrogen-bond donors (Lipinski definition) is 2. The molecule has 1 aromatic heterocycles. The zero-order valence-corrected chi connectivity index (χ0v) is 10.2. The first-order valence-electron chi connectivity index (χ1n) is 4.44. The fourth-order valence-electron chi connectivity index (χ4n) is 0.792. The van der Waals surface area contributed by atoms with Gasteiger partial charge in [0.1, 0.15) is 0 Å². The van der Waals surface area contributed by atoms with Gasteiger partial charge in [-0.3, -0.25) is 0 Å². The quantitative estimate of drug-likeness (QED) is 0.863. The number of aromatic nitrogens is 2. The molecule has 0 aliphatic heterocycles. The van der Waals surface area contributed by atoms with E-state index in [9.17, 15) is 0 Å². The zero-order valence-electron chi connectivity index (χ0n) is 8.63. The summed E-state index contributed by atoms with van der Waals surface area (Å²) in [7, 11) is 1.93. The van der Waals surface area contributed by atoms with E-state index in [4.69, 9.17) is 0 Å². The molecule has 1 heterocycles. The Morgan fingerprint density at radius 2 is 1.93 bits per heavy atom. The van der Waals surface area contributed by atoms with E-state index in [1.807, 2.05) is 7.05 Å². The molecule has 0 aliphatic rings. The molecule has 0 atom stereocenters. The number of halogens is 1. The van der Waals surface area contributed by atoms with Crippen molar-refractivity contribution in [3.8, 4) is 0 Å². The molecular formula is C9H15BrN4. The van der Waals surface area contributed by atoms with Crippen LogP contribution in [0.2, 0.25) is 0 Å². The second-order valence-electron chi connectivity index (χ2n) is 3.71. The Morgan fingerprint density at radius 3 is 2.43 bits per heavy atom. The Hall–Kier alpha value is -0.680. The highest BCUT2D eigenvalue weighted by Crippen LogP contribution is 2.08. The Balaban J connectivity index is 2.50. The van der Waals surface area contributed by atoms with Gasteiger partial charge in [0.2, 0.25) is 5.95 Å². The lowest BCUT2D eigenvalue weighted by atomic mass is 10.1. The minimum Gasteiger partial charge on any atom is -0.352 e. The molecule has 0 saturated carbocycles. The van der Waals surface area contributed by atoms with E-state index in [0.717, 1.165) is 11.0 Å². The lowest BCUT2D eigenvalue weighted by molar-refractivity contribution is 0.447. The highest BCUT2D eigenvalue weighted by molar-refractivity contribution is 9.10. The van der Waals surface area contributed by atoms with E-state index in [1.54, 1.807) is 12.4 Å². The summed E-state index contributed by atoms with van der Waals surface area (Å²) >= 11 is 3.28. The first-order chi connectivity index (χ1) is 6.53. The van der Waals surface area contributed by atoms with Gasteiger partial charge >= 0.3 is 0 Å². The zero-order chi connectivity index (χ0) is 10.6. The van der Waals surface area contributed by atoms with Crippen molar-refractivity contribution in [2.75, 3.05) is 18.9 Å². The molecule has 0 unspecified atom stereocenters. The van der Waals surface area contributed by atoms with Crippen molar-refractivity contribution in [3.05, 3.63) is 16.9 Å². The number of anilines is 1. The first kappa shape index (κ1) is 11.4. The van der Waals surface area contributed by atoms with Crippen LogP contribution in [0.4, 0.5) is 5.95 Å². The molecule has 2 N–H and O–H groups in total. The third kappa shape index (κ3) is 3.59. The normalized spacial score (nSPS) is 11.4. The van der Waals surface area contributed by atoms with E-state index < -0.39 is 0 Å². The van der Waals surface area contributed by atoms with E-state index in [1.165, 1.54) is 0 Å². The maximum absolute atomic E-state index is 4.12. The van der Waals surface area contributed by atoms with Crippen molar-refractivity contribution in [2.45, 2.75) is 19.4 Å². The monoisotopic (exact) mass is 258 g/mol. The molecule has 0 amide bonds. The van der Waals surface area contributed by atoms with Crippen molar-refractivity contribution in [1.82, 2.24) is 15.3 Å². The number of nitrogens with one attached hydrogen (secondary N) is 2. The summed E-state index contributed by atoms with van der Waals surface area (Å²) in [5.41, 5.74) is 0.0381. The van der Waals surface area contributed by atoms with Crippen LogP contribution in [-0.2, 0) is 0 Å². The number of likely N-dealkylation sites (N-methyl/N-ethyl adjacent to an activating group) is 1.